The maximum Gasteiger partial charge on any atom is 0.222 e. The number of carbonyl (C=O) groups is 1. The van der Waals surface area contributed by atoms with Crippen LogP contribution in [0.25, 0.3) is 0 Å². The fourth-order valence-corrected chi connectivity index (χ4v) is 2.66. The van der Waals surface area contributed by atoms with E-state index in [9.17, 15) is 4.79 Å². The van der Waals surface area contributed by atoms with Gasteiger partial charge in [-0.1, -0.05) is 0 Å². The van der Waals surface area contributed by atoms with E-state index in [0.717, 1.165) is 32.6 Å². The van der Waals surface area contributed by atoms with E-state index in [1.807, 2.05) is 11.8 Å². The second-order valence-electron chi connectivity index (χ2n) is 5.06. The SMILES string of the molecule is COC(C)CCC(=O)N1C[C@H]2CNC[C@H]2C1. The maximum absolute atomic E-state index is 11.9. The highest BCUT2D eigenvalue weighted by atomic mass is 16.5. The summed E-state index contributed by atoms with van der Waals surface area (Å²) >= 11 is 0. The number of carbonyl (C=O) groups excluding carboxylic acids is 1. The quantitative estimate of drug-likeness (QED) is 0.758. The van der Waals surface area contributed by atoms with Crippen molar-refractivity contribution in [3.63, 3.8) is 0 Å². The number of ether oxygens (including phenoxy) is 1. The lowest BCUT2D eigenvalue weighted by Gasteiger charge is -2.18. The molecule has 0 saturated carbocycles. The third kappa shape index (κ3) is 2.55. The fourth-order valence-electron chi connectivity index (χ4n) is 2.66. The molecule has 1 unspecified atom stereocenters. The Morgan fingerprint density at radius 2 is 2.06 bits per heavy atom. The van der Waals surface area contributed by atoms with Gasteiger partial charge in [0.15, 0.2) is 0 Å². The highest BCUT2D eigenvalue weighted by Gasteiger charge is 2.37. The monoisotopic (exact) mass is 226 g/mol. The van der Waals surface area contributed by atoms with Crippen molar-refractivity contribution in [3.05, 3.63) is 0 Å². The zero-order chi connectivity index (χ0) is 11.5. The van der Waals surface area contributed by atoms with Crippen molar-refractivity contribution in [1.29, 1.82) is 0 Å². The number of amides is 1. The standard InChI is InChI=1S/C12H22N2O2/c1-9(16-2)3-4-12(15)14-7-10-5-13-6-11(10)8-14/h9-11,13H,3-8H2,1-2H3/t9?,10-,11+. The van der Waals surface area contributed by atoms with Gasteiger partial charge in [0.25, 0.3) is 0 Å². The number of methoxy groups -OCH3 is 1. The molecule has 2 fully saturated rings. The van der Waals surface area contributed by atoms with Crippen molar-refractivity contribution in [2.24, 2.45) is 11.8 Å². The molecule has 2 aliphatic heterocycles. The first-order chi connectivity index (χ1) is 7.70. The molecule has 0 bridgehead atoms. The van der Waals surface area contributed by atoms with E-state index >= 15 is 0 Å². The second kappa shape index (κ2) is 5.15. The van der Waals surface area contributed by atoms with Crippen LogP contribution in [0, 0.1) is 11.8 Å². The molecular weight excluding hydrogens is 204 g/mol. The highest BCUT2D eigenvalue weighted by molar-refractivity contribution is 5.76. The average molecular weight is 226 g/mol. The van der Waals surface area contributed by atoms with E-state index in [1.165, 1.54) is 0 Å². The molecule has 0 aromatic heterocycles. The van der Waals surface area contributed by atoms with Crippen LogP contribution in [0.5, 0.6) is 0 Å². The molecule has 2 rings (SSSR count). The normalized spacial score (nSPS) is 30.5. The first-order valence-corrected chi connectivity index (χ1v) is 6.22. The van der Waals surface area contributed by atoms with Crippen LogP contribution < -0.4 is 5.32 Å². The minimum Gasteiger partial charge on any atom is -0.382 e. The Balaban J connectivity index is 1.74. The summed E-state index contributed by atoms with van der Waals surface area (Å²) < 4.78 is 5.16. The van der Waals surface area contributed by atoms with Gasteiger partial charge in [-0.05, 0) is 25.2 Å². The Bertz CT molecular complexity index is 245. The lowest BCUT2D eigenvalue weighted by Crippen LogP contribution is -2.32. The molecule has 2 heterocycles. The highest BCUT2D eigenvalue weighted by Crippen LogP contribution is 2.26. The largest absolute Gasteiger partial charge is 0.382 e. The number of nitrogens with one attached hydrogen (secondary N) is 1. The minimum atomic E-state index is 0.188. The summed E-state index contributed by atoms with van der Waals surface area (Å²) in [6.45, 7) is 6.09. The maximum atomic E-state index is 11.9. The zero-order valence-electron chi connectivity index (χ0n) is 10.2. The first-order valence-electron chi connectivity index (χ1n) is 6.22. The van der Waals surface area contributed by atoms with Gasteiger partial charge in [0.1, 0.15) is 0 Å². The lowest BCUT2D eigenvalue weighted by molar-refractivity contribution is -0.131. The van der Waals surface area contributed by atoms with Gasteiger partial charge in [-0.25, -0.2) is 0 Å². The summed E-state index contributed by atoms with van der Waals surface area (Å²) in [5.74, 6) is 1.70. The Hall–Kier alpha value is -0.610. The van der Waals surface area contributed by atoms with Crippen molar-refractivity contribution in [3.8, 4) is 0 Å². The van der Waals surface area contributed by atoms with Crippen LogP contribution in [0.15, 0.2) is 0 Å². The van der Waals surface area contributed by atoms with Crippen molar-refractivity contribution in [2.45, 2.75) is 25.9 Å². The minimum absolute atomic E-state index is 0.188. The Kier molecular flexibility index (Phi) is 3.82. The molecule has 1 amide bonds. The van der Waals surface area contributed by atoms with Gasteiger partial charge in [-0.2, -0.15) is 0 Å². The number of hydrogen-bond acceptors (Lipinski definition) is 3. The lowest BCUT2D eigenvalue weighted by atomic mass is 10.0. The summed E-state index contributed by atoms with van der Waals surface area (Å²) in [5.41, 5.74) is 0. The van der Waals surface area contributed by atoms with Crippen molar-refractivity contribution < 1.29 is 9.53 Å². The van der Waals surface area contributed by atoms with Crippen LogP contribution in [-0.2, 0) is 9.53 Å². The van der Waals surface area contributed by atoms with Crippen molar-refractivity contribution >= 4 is 5.91 Å². The Labute approximate surface area is 97.3 Å². The topological polar surface area (TPSA) is 41.6 Å². The van der Waals surface area contributed by atoms with Crippen LogP contribution in [0.3, 0.4) is 0 Å². The van der Waals surface area contributed by atoms with E-state index < -0.39 is 0 Å². The third-order valence-corrected chi connectivity index (χ3v) is 3.91. The second-order valence-corrected chi connectivity index (χ2v) is 5.06. The summed E-state index contributed by atoms with van der Waals surface area (Å²) in [4.78, 5) is 14.0. The van der Waals surface area contributed by atoms with Gasteiger partial charge >= 0.3 is 0 Å². The molecule has 0 aromatic rings. The summed E-state index contributed by atoms with van der Waals surface area (Å²) in [6.07, 6.45) is 1.65. The van der Waals surface area contributed by atoms with Crippen LogP contribution in [0.2, 0.25) is 0 Å². The number of nitrogens with zero attached hydrogens (tertiary/aromatic N) is 1. The average Bonchev–Trinajstić information content (AvgIpc) is 2.85. The van der Waals surface area contributed by atoms with Gasteiger partial charge in [0.05, 0.1) is 6.10 Å². The number of hydrogen-bond donors (Lipinski definition) is 1. The Morgan fingerprint density at radius 1 is 1.44 bits per heavy atom. The molecule has 2 saturated heterocycles. The predicted molar refractivity (Wildman–Crippen MR) is 62.1 cm³/mol. The smallest absolute Gasteiger partial charge is 0.222 e. The number of likely N-dealkylation sites (tertiary alicyclic amines) is 1. The summed E-state index contributed by atoms with van der Waals surface area (Å²) in [7, 11) is 1.70. The molecule has 4 heteroatoms. The number of fused-ring (bicyclic) bond motifs is 1. The molecule has 16 heavy (non-hydrogen) atoms. The van der Waals surface area contributed by atoms with Gasteiger partial charge in [-0.3, -0.25) is 4.79 Å². The van der Waals surface area contributed by atoms with Crippen LogP contribution in [0.1, 0.15) is 19.8 Å². The molecule has 3 atom stereocenters. The molecule has 4 nitrogen and oxygen atoms in total. The molecule has 0 aliphatic carbocycles. The van der Waals surface area contributed by atoms with E-state index in [1.54, 1.807) is 7.11 Å². The molecular formula is C12H22N2O2. The fraction of sp³-hybridized carbons (Fsp3) is 0.917. The van der Waals surface area contributed by atoms with Gasteiger partial charge in [0, 0.05) is 39.7 Å². The van der Waals surface area contributed by atoms with Crippen molar-refractivity contribution in [2.75, 3.05) is 33.3 Å². The molecule has 92 valence electrons. The van der Waals surface area contributed by atoms with Crippen LogP contribution in [-0.4, -0.2) is 50.2 Å². The van der Waals surface area contributed by atoms with Crippen molar-refractivity contribution in [1.82, 2.24) is 10.2 Å². The van der Waals surface area contributed by atoms with Crippen LogP contribution >= 0.6 is 0 Å². The molecule has 2 aliphatic rings. The van der Waals surface area contributed by atoms with Gasteiger partial charge < -0.3 is 15.0 Å². The van der Waals surface area contributed by atoms with E-state index in [4.69, 9.17) is 4.74 Å². The predicted octanol–water partition coefficient (Wildman–Crippen LogP) is 0.479. The third-order valence-electron chi connectivity index (χ3n) is 3.91. The van der Waals surface area contributed by atoms with E-state index in [-0.39, 0.29) is 6.10 Å². The number of rotatable bonds is 4. The molecule has 0 spiro atoms. The van der Waals surface area contributed by atoms with Gasteiger partial charge in [-0.15, -0.1) is 0 Å². The molecule has 0 aromatic carbocycles. The molecule has 1 N–H and O–H groups in total. The van der Waals surface area contributed by atoms with E-state index in [0.29, 0.717) is 24.2 Å². The van der Waals surface area contributed by atoms with Crippen LogP contribution in [0.4, 0.5) is 0 Å². The summed E-state index contributed by atoms with van der Waals surface area (Å²) in [5, 5.41) is 3.39. The molecule has 0 radical (unpaired) electrons. The van der Waals surface area contributed by atoms with Gasteiger partial charge in [0.2, 0.25) is 5.91 Å². The zero-order valence-corrected chi connectivity index (χ0v) is 10.2. The first kappa shape index (κ1) is 11.9. The summed E-state index contributed by atoms with van der Waals surface area (Å²) in [6, 6.07) is 0. The van der Waals surface area contributed by atoms with E-state index in [2.05, 4.69) is 5.32 Å². The Morgan fingerprint density at radius 3 is 2.62 bits per heavy atom.